The minimum absolute atomic E-state index is 0. The fraction of sp³-hybridized carbons (Fsp3) is 0.667. The monoisotopic (exact) mass is 470 g/mol. The van der Waals surface area contributed by atoms with E-state index < -0.39 is 0 Å². The number of ether oxygens (including phenoxy) is 1. The van der Waals surface area contributed by atoms with E-state index in [9.17, 15) is 9.59 Å². The Morgan fingerprint density at radius 2 is 1.65 bits per heavy atom. The number of ketones is 1. The van der Waals surface area contributed by atoms with Gasteiger partial charge in [0.05, 0.1) is 0 Å². The maximum absolute atomic E-state index is 11.9. The van der Waals surface area contributed by atoms with Gasteiger partial charge in [0.2, 0.25) is 0 Å². The number of phenols is 1. The molecule has 190 valence electrons. The van der Waals surface area contributed by atoms with Crippen molar-refractivity contribution in [2.75, 3.05) is 0 Å². The maximum Gasteiger partial charge on any atom is 0.302 e. The molecule has 6 atom stereocenters. The van der Waals surface area contributed by atoms with Gasteiger partial charge in [0, 0.05) is 18.8 Å². The number of esters is 1. The van der Waals surface area contributed by atoms with Gasteiger partial charge in [-0.05, 0) is 86.3 Å². The van der Waals surface area contributed by atoms with Crippen molar-refractivity contribution in [3.05, 3.63) is 42.0 Å². The van der Waals surface area contributed by atoms with Crippen molar-refractivity contribution in [1.29, 1.82) is 0 Å². The molecule has 34 heavy (non-hydrogen) atoms. The van der Waals surface area contributed by atoms with Crippen LogP contribution in [0, 0.1) is 28.6 Å². The summed E-state index contributed by atoms with van der Waals surface area (Å²) in [5.74, 6) is 2.64. The molecule has 0 saturated heterocycles. The molecule has 3 fully saturated rings. The average molecular weight is 471 g/mol. The van der Waals surface area contributed by atoms with E-state index in [1.807, 2.05) is 26.0 Å². The summed E-state index contributed by atoms with van der Waals surface area (Å²) in [7, 11) is 0. The van der Waals surface area contributed by atoms with Crippen LogP contribution in [0.4, 0.5) is 0 Å². The number of carbonyl (C=O) groups is 2. The largest absolute Gasteiger partial charge is 0.508 e. The number of hydrogen-bond donors (Lipinski definition) is 1. The van der Waals surface area contributed by atoms with E-state index in [2.05, 4.69) is 13.8 Å². The first-order valence-electron chi connectivity index (χ1n) is 12.9. The van der Waals surface area contributed by atoms with Crippen molar-refractivity contribution in [2.24, 2.45) is 28.6 Å². The van der Waals surface area contributed by atoms with Gasteiger partial charge in [-0.3, -0.25) is 9.59 Å². The summed E-state index contributed by atoms with van der Waals surface area (Å²) < 4.78 is 5.71. The Bertz CT molecular complexity index is 860. The third kappa shape index (κ3) is 5.42. The predicted octanol–water partition coefficient (Wildman–Crippen LogP) is 7.50. The van der Waals surface area contributed by atoms with Crippen LogP contribution in [0.5, 0.6) is 5.75 Å². The highest BCUT2D eigenvalue weighted by molar-refractivity contribution is 5.91. The first kappa shape index (κ1) is 28.1. The van der Waals surface area contributed by atoms with Crippen LogP contribution >= 0.6 is 0 Å². The minimum atomic E-state index is -0.129. The van der Waals surface area contributed by atoms with Gasteiger partial charge in [-0.2, -0.15) is 0 Å². The summed E-state index contributed by atoms with van der Waals surface area (Å²) in [5.41, 5.74) is 1.82. The molecular formula is C30H46O4. The van der Waals surface area contributed by atoms with Crippen LogP contribution in [-0.2, 0) is 14.3 Å². The van der Waals surface area contributed by atoms with Crippen molar-refractivity contribution < 1.29 is 19.4 Å². The zero-order valence-corrected chi connectivity index (χ0v) is 21.1. The van der Waals surface area contributed by atoms with Gasteiger partial charge in [0.15, 0.2) is 5.78 Å². The van der Waals surface area contributed by atoms with Gasteiger partial charge in [-0.15, -0.1) is 0 Å². The second-order valence-electron chi connectivity index (χ2n) is 10.5. The molecule has 4 aliphatic rings. The smallest absolute Gasteiger partial charge is 0.302 e. The van der Waals surface area contributed by atoms with Crippen molar-refractivity contribution in [1.82, 2.24) is 0 Å². The molecule has 0 aliphatic heterocycles. The summed E-state index contributed by atoms with van der Waals surface area (Å²) in [4.78, 5) is 23.4. The lowest BCUT2D eigenvalue weighted by Gasteiger charge is -2.57. The number of para-hydroxylation sites is 1. The molecule has 4 heteroatoms. The molecule has 4 aliphatic carbocycles. The van der Waals surface area contributed by atoms with E-state index >= 15 is 0 Å². The highest BCUT2D eigenvalue weighted by Gasteiger charge is 2.59. The Balaban J connectivity index is 0.000000349. The second kappa shape index (κ2) is 11.6. The lowest BCUT2D eigenvalue weighted by Crippen LogP contribution is -2.51. The van der Waals surface area contributed by atoms with Crippen LogP contribution in [0.3, 0.4) is 0 Å². The lowest BCUT2D eigenvalue weighted by atomic mass is 9.47. The molecule has 0 bridgehead atoms. The molecule has 0 amide bonds. The van der Waals surface area contributed by atoms with E-state index in [-0.39, 0.29) is 30.3 Å². The zero-order chi connectivity index (χ0) is 24.2. The van der Waals surface area contributed by atoms with Gasteiger partial charge in [0.1, 0.15) is 11.9 Å². The minimum Gasteiger partial charge on any atom is -0.508 e. The number of hydrogen-bond acceptors (Lipinski definition) is 4. The number of carbonyl (C=O) groups excluding carboxylic acids is 2. The molecule has 1 aromatic rings. The van der Waals surface area contributed by atoms with Crippen LogP contribution in [0.15, 0.2) is 42.0 Å². The Morgan fingerprint density at radius 1 is 0.971 bits per heavy atom. The number of rotatable bonds is 1. The first-order chi connectivity index (χ1) is 15.7. The summed E-state index contributed by atoms with van der Waals surface area (Å²) in [5, 5.41) is 8.63. The van der Waals surface area contributed by atoms with E-state index in [0.717, 1.165) is 38.0 Å². The fourth-order valence-electron chi connectivity index (χ4n) is 7.33. The average Bonchev–Trinajstić information content (AvgIpc) is 3.12. The van der Waals surface area contributed by atoms with Crippen molar-refractivity contribution in [3.63, 3.8) is 0 Å². The molecule has 1 N–H and O–H groups in total. The summed E-state index contributed by atoms with van der Waals surface area (Å²) in [6.45, 7) is 10.3. The molecule has 0 spiro atoms. The van der Waals surface area contributed by atoms with Crippen molar-refractivity contribution >= 4 is 11.8 Å². The molecule has 0 radical (unpaired) electrons. The number of aromatic hydroxyl groups is 1. The number of fused-ring (bicyclic) bond motifs is 5. The van der Waals surface area contributed by atoms with Crippen LogP contribution in [0.1, 0.15) is 93.4 Å². The van der Waals surface area contributed by atoms with Gasteiger partial charge in [-0.1, -0.05) is 58.9 Å². The predicted molar refractivity (Wildman–Crippen MR) is 138 cm³/mol. The third-order valence-electron chi connectivity index (χ3n) is 8.94. The lowest BCUT2D eigenvalue weighted by molar-refractivity contribution is -0.157. The molecule has 3 saturated carbocycles. The Kier molecular flexibility index (Phi) is 9.56. The normalized spacial score (nSPS) is 35.3. The molecule has 0 heterocycles. The van der Waals surface area contributed by atoms with Crippen LogP contribution < -0.4 is 0 Å². The van der Waals surface area contributed by atoms with E-state index in [0.29, 0.717) is 23.4 Å². The van der Waals surface area contributed by atoms with E-state index in [4.69, 9.17) is 9.84 Å². The van der Waals surface area contributed by atoms with Gasteiger partial charge in [0.25, 0.3) is 0 Å². The van der Waals surface area contributed by atoms with Crippen molar-refractivity contribution in [3.8, 4) is 5.75 Å². The van der Waals surface area contributed by atoms with Crippen LogP contribution in [0.2, 0.25) is 0 Å². The topological polar surface area (TPSA) is 63.6 Å². The molecular weight excluding hydrogens is 424 g/mol. The number of allylic oxidation sites excluding steroid dienone is 1. The first-order valence-corrected chi connectivity index (χ1v) is 12.9. The Hall–Kier alpha value is -2.10. The van der Waals surface area contributed by atoms with Crippen LogP contribution in [0.25, 0.3) is 0 Å². The highest BCUT2D eigenvalue weighted by Crippen LogP contribution is 2.65. The second-order valence-corrected chi connectivity index (χ2v) is 10.5. The standard InChI is InChI=1S/C21H30O3.C6H6O.C2H6.CH4/c1-13(22)24-19-7-6-17-16-5-4-14-12-15(23)8-10-20(14,2)18(16)9-11-21(17,19)3;7-6-4-2-1-3-5-6;1-2;/h12,16-19H,4-11H2,1-3H3;1-5,7H;1-2H3;1H4. The van der Waals surface area contributed by atoms with Crippen molar-refractivity contribution in [2.45, 2.75) is 99.5 Å². The van der Waals surface area contributed by atoms with E-state index in [1.165, 1.54) is 24.8 Å². The summed E-state index contributed by atoms with van der Waals surface area (Å²) >= 11 is 0. The summed E-state index contributed by atoms with van der Waals surface area (Å²) in [6.07, 6.45) is 10.8. The van der Waals surface area contributed by atoms with Gasteiger partial charge >= 0.3 is 5.97 Å². The molecule has 0 aromatic heterocycles. The van der Waals surface area contributed by atoms with E-state index in [1.54, 1.807) is 31.2 Å². The Labute approximate surface area is 207 Å². The van der Waals surface area contributed by atoms with Crippen LogP contribution in [-0.4, -0.2) is 23.0 Å². The zero-order valence-electron chi connectivity index (χ0n) is 21.1. The van der Waals surface area contributed by atoms with Gasteiger partial charge in [-0.25, -0.2) is 0 Å². The number of benzene rings is 1. The van der Waals surface area contributed by atoms with Gasteiger partial charge < -0.3 is 9.84 Å². The molecule has 4 nitrogen and oxygen atoms in total. The number of phenolic OH excluding ortho intramolecular Hbond substituents is 1. The fourth-order valence-corrected chi connectivity index (χ4v) is 7.33. The quantitative estimate of drug-likeness (QED) is 0.431. The Morgan fingerprint density at radius 3 is 2.24 bits per heavy atom. The molecule has 1 aromatic carbocycles. The summed E-state index contributed by atoms with van der Waals surface area (Å²) in [6, 6.07) is 8.71. The third-order valence-corrected chi connectivity index (χ3v) is 8.94. The molecule has 5 rings (SSSR count). The highest BCUT2D eigenvalue weighted by atomic mass is 16.5. The maximum atomic E-state index is 11.9. The SMILES string of the molecule is C.CC.CC(=O)OC1CCC2C3CCC4=CC(=O)CCC4(C)C3CCC12C.Oc1ccccc1. The molecule has 6 unspecified atom stereocenters.